The first-order valence-electron chi connectivity index (χ1n) is 4.89. The topological polar surface area (TPSA) is 29.1 Å². The zero-order chi connectivity index (χ0) is 9.90. The maximum Gasteiger partial charge on any atom is 0.223 e. The molecule has 0 aromatic rings. The molecule has 1 rings (SSSR count). The molecule has 0 aromatic carbocycles. The van der Waals surface area contributed by atoms with Crippen molar-refractivity contribution in [3.8, 4) is 0 Å². The van der Waals surface area contributed by atoms with E-state index in [0.717, 1.165) is 31.1 Å². The molecule has 1 saturated carbocycles. The Bertz CT molecular complexity index is 187. The van der Waals surface area contributed by atoms with E-state index in [1.807, 2.05) is 0 Å². The van der Waals surface area contributed by atoms with E-state index in [1.165, 1.54) is 0 Å². The van der Waals surface area contributed by atoms with Gasteiger partial charge in [-0.05, 0) is 24.7 Å². The first kappa shape index (κ1) is 11.0. The lowest BCUT2D eigenvalue weighted by Crippen LogP contribution is -2.35. The molecule has 76 valence electrons. The number of amides is 1. The van der Waals surface area contributed by atoms with E-state index < -0.39 is 0 Å². The molecule has 0 atom stereocenters. The predicted molar refractivity (Wildman–Crippen MR) is 57.9 cm³/mol. The highest BCUT2D eigenvalue weighted by atomic mass is 79.9. The standard InChI is InChI=1S/C10H18BrNO/c1-10(2,5-6-11)7-12-9(13)8-3-4-8/h8H,3-7H2,1-2H3,(H,12,13). The van der Waals surface area contributed by atoms with Crippen LogP contribution >= 0.6 is 15.9 Å². The third-order valence-electron chi connectivity index (χ3n) is 2.46. The van der Waals surface area contributed by atoms with Crippen LogP contribution in [0.2, 0.25) is 0 Å². The van der Waals surface area contributed by atoms with Crippen LogP contribution in [0.4, 0.5) is 0 Å². The van der Waals surface area contributed by atoms with Gasteiger partial charge in [0.25, 0.3) is 0 Å². The molecule has 0 bridgehead atoms. The average Bonchev–Trinajstić information content (AvgIpc) is 2.82. The Balaban J connectivity index is 2.19. The highest BCUT2D eigenvalue weighted by molar-refractivity contribution is 9.09. The lowest BCUT2D eigenvalue weighted by molar-refractivity contribution is -0.122. The summed E-state index contributed by atoms with van der Waals surface area (Å²) in [4.78, 5) is 11.3. The summed E-state index contributed by atoms with van der Waals surface area (Å²) in [5, 5.41) is 4.01. The summed E-state index contributed by atoms with van der Waals surface area (Å²) >= 11 is 3.42. The van der Waals surface area contributed by atoms with Gasteiger partial charge in [-0.15, -0.1) is 0 Å². The van der Waals surface area contributed by atoms with Gasteiger partial charge < -0.3 is 5.32 Å². The molecule has 1 amide bonds. The monoisotopic (exact) mass is 247 g/mol. The third-order valence-corrected chi connectivity index (χ3v) is 2.86. The summed E-state index contributed by atoms with van der Waals surface area (Å²) in [7, 11) is 0. The van der Waals surface area contributed by atoms with Crippen LogP contribution in [0, 0.1) is 11.3 Å². The van der Waals surface area contributed by atoms with Gasteiger partial charge in [0.1, 0.15) is 0 Å². The third kappa shape index (κ3) is 4.12. The van der Waals surface area contributed by atoms with Crippen molar-refractivity contribution in [2.45, 2.75) is 33.1 Å². The highest BCUT2D eigenvalue weighted by Crippen LogP contribution is 2.29. The van der Waals surface area contributed by atoms with E-state index in [1.54, 1.807) is 0 Å². The van der Waals surface area contributed by atoms with Gasteiger partial charge in [-0.1, -0.05) is 29.8 Å². The Hall–Kier alpha value is -0.0500. The van der Waals surface area contributed by atoms with Crippen LogP contribution in [0.3, 0.4) is 0 Å². The molecule has 0 saturated heterocycles. The van der Waals surface area contributed by atoms with E-state index in [-0.39, 0.29) is 11.3 Å². The lowest BCUT2D eigenvalue weighted by atomic mass is 9.90. The quantitative estimate of drug-likeness (QED) is 0.743. The van der Waals surface area contributed by atoms with Gasteiger partial charge in [0.05, 0.1) is 0 Å². The second kappa shape index (κ2) is 4.45. The minimum absolute atomic E-state index is 0.216. The molecule has 0 unspecified atom stereocenters. The van der Waals surface area contributed by atoms with Gasteiger partial charge in [-0.25, -0.2) is 0 Å². The van der Waals surface area contributed by atoms with E-state index in [4.69, 9.17) is 0 Å². The molecule has 1 fully saturated rings. The zero-order valence-corrected chi connectivity index (χ0v) is 9.99. The first-order chi connectivity index (χ1) is 6.05. The molecule has 0 heterocycles. The minimum atomic E-state index is 0.216. The molecular weight excluding hydrogens is 230 g/mol. The fourth-order valence-electron chi connectivity index (χ4n) is 1.16. The number of nitrogens with one attached hydrogen (secondary N) is 1. The van der Waals surface area contributed by atoms with Crippen molar-refractivity contribution < 1.29 is 4.79 Å². The summed E-state index contributed by atoms with van der Waals surface area (Å²) in [6.45, 7) is 5.16. The first-order valence-corrected chi connectivity index (χ1v) is 6.01. The van der Waals surface area contributed by atoms with Crippen LogP contribution in [-0.2, 0) is 4.79 Å². The van der Waals surface area contributed by atoms with Crippen molar-refractivity contribution in [1.29, 1.82) is 0 Å². The highest BCUT2D eigenvalue weighted by Gasteiger charge is 2.30. The van der Waals surface area contributed by atoms with Crippen LogP contribution in [0.15, 0.2) is 0 Å². The molecule has 3 heteroatoms. The minimum Gasteiger partial charge on any atom is -0.355 e. The van der Waals surface area contributed by atoms with Crippen LogP contribution in [0.5, 0.6) is 0 Å². The van der Waals surface area contributed by atoms with Crippen LogP contribution in [0.1, 0.15) is 33.1 Å². The van der Waals surface area contributed by atoms with Crippen molar-refractivity contribution in [3.63, 3.8) is 0 Å². The van der Waals surface area contributed by atoms with E-state index in [0.29, 0.717) is 5.92 Å². The number of hydrogen-bond donors (Lipinski definition) is 1. The molecular formula is C10H18BrNO. The van der Waals surface area contributed by atoms with Gasteiger partial charge in [0.2, 0.25) is 5.91 Å². The van der Waals surface area contributed by atoms with Crippen molar-refractivity contribution >= 4 is 21.8 Å². The molecule has 0 radical (unpaired) electrons. The normalized spacial score (nSPS) is 17.2. The Morgan fingerprint density at radius 1 is 1.54 bits per heavy atom. The van der Waals surface area contributed by atoms with Crippen molar-refractivity contribution in [2.75, 3.05) is 11.9 Å². The van der Waals surface area contributed by atoms with E-state index >= 15 is 0 Å². The number of rotatable bonds is 5. The maximum atomic E-state index is 11.3. The molecule has 1 aliphatic rings. The molecule has 1 N–H and O–H groups in total. The Morgan fingerprint density at radius 3 is 2.62 bits per heavy atom. The van der Waals surface area contributed by atoms with Crippen molar-refractivity contribution in [2.24, 2.45) is 11.3 Å². The molecule has 0 aromatic heterocycles. The molecule has 2 nitrogen and oxygen atoms in total. The second-order valence-corrected chi connectivity index (χ2v) is 5.39. The molecule has 13 heavy (non-hydrogen) atoms. The molecule has 0 spiro atoms. The lowest BCUT2D eigenvalue weighted by Gasteiger charge is -2.23. The smallest absolute Gasteiger partial charge is 0.223 e. The van der Waals surface area contributed by atoms with Crippen LogP contribution < -0.4 is 5.32 Å². The summed E-state index contributed by atoms with van der Waals surface area (Å²) in [5.41, 5.74) is 0.216. The largest absolute Gasteiger partial charge is 0.355 e. The summed E-state index contributed by atoms with van der Waals surface area (Å²) in [5.74, 6) is 0.586. The van der Waals surface area contributed by atoms with Crippen molar-refractivity contribution in [3.05, 3.63) is 0 Å². The number of alkyl halides is 1. The predicted octanol–water partition coefficient (Wildman–Crippen LogP) is 2.32. The van der Waals surface area contributed by atoms with E-state index in [2.05, 4.69) is 35.1 Å². The van der Waals surface area contributed by atoms with Crippen LogP contribution in [0.25, 0.3) is 0 Å². The van der Waals surface area contributed by atoms with E-state index in [9.17, 15) is 4.79 Å². The summed E-state index contributed by atoms with van der Waals surface area (Å²) in [6, 6.07) is 0. The number of hydrogen-bond acceptors (Lipinski definition) is 1. The Labute approximate surface area is 88.6 Å². The fraction of sp³-hybridized carbons (Fsp3) is 0.900. The average molecular weight is 248 g/mol. The molecule has 1 aliphatic carbocycles. The van der Waals surface area contributed by atoms with Gasteiger partial charge in [0.15, 0.2) is 0 Å². The van der Waals surface area contributed by atoms with Gasteiger partial charge >= 0.3 is 0 Å². The number of carbonyl (C=O) groups excluding carboxylic acids is 1. The summed E-state index contributed by atoms with van der Waals surface area (Å²) < 4.78 is 0. The SMILES string of the molecule is CC(C)(CCBr)CNC(=O)C1CC1. The van der Waals surface area contributed by atoms with Gasteiger partial charge in [-0.2, -0.15) is 0 Å². The Kier molecular flexibility index (Phi) is 3.77. The van der Waals surface area contributed by atoms with Gasteiger partial charge in [0, 0.05) is 17.8 Å². The number of carbonyl (C=O) groups is 1. The zero-order valence-electron chi connectivity index (χ0n) is 8.40. The second-order valence-electron chi connectivity index (χ2n) is 4.60. The Morgan fingerprint density at radius 2 is 2.15 bits per heavy atom. The fourth-order valence-corrected chi connectivity index (χ4v) is 2.23. The summed E-state index contributed by atoms with van der Waals surface area (Å²) in [6.07, 6.45) is 3.27. The number of halogens is 1. The maximum absolute atomic E-state index is 11.3. The van der Waals surface area contributed by atoms with Crippen LogP contribution in [-0.4, -0.2) is 17.8 Å². The molecule has 0 aliphatic heterocycles. The van der Waals surface area contributed by atoms with Crippen molar-refractivity contribution in [1.82, 2.24) is 5.32 Å². The van der Waals surface area contributed by atoms with Gasteiger partial charge in [-0.3, -0.25) is 4.79 Å².